The molecule has 0 bridgehead atoms. The van der Waals surface area contributed by atoms with Gasteiger partial charge in [0, 0.05) is 130 Å². The summed E-state index contributed by atoms with van der Waals surface area (Å²) in [7, 11) is 0. The third-order valence-corrected chi connectivity index (χ3v) is 24.0. The fourth-order valence-corrected chi connectivity index (χ4v) is 19.3. The normalized spacial score (nSPS) is 15.7. The summed E-state index contributed by atoms with van der Waals surface area (Å²) in [6, 6.07) is 110. The van der Waals surface area contributed by atoms with Gasteiger partial charge in [0.05, 0.1) is 22.4 Å². The molecule has 2 aliphatic carbocycles. The van der Waals surface area contributed by atoms with Gasteiger partial charge in [0.2, 0.25) is 0 Å². The molecule has 4 atom stereocenters. The first kappa shape index (κ1) is 61.9. The first-order valence-electron chi connectivity index (χ1n) is 36.5. The highest BCUT2D eigenvalue weighted by molar-refractivity contribution is 7.26. The summed E-state index contributed by atoms with van der Waals surface area (Å²) in [6.45, 7) is 0. The van der Waals surface area contributed by atoms with Gasteiger partial charge < -0.3 is 18.6 Å². The molecule has 6 aromatic heterocycles. The number of aromatic nitrogens is 8. The molecular weight excluding hydrogens is 1360 g/mol. The van der Waals surface area contributed by atoms with Crippen LogP contribution in [0.15, 0.2) is 328 Å². The molecule has 108 heavy (non-hydrogen) atoms. The SMILES string of the molecule is C1=CC2c3c(cccc3-c3nc(-c4ccc(-c5ccccc5)cc4)nc(-c4cccc5sc6ccccc6c45)n3)OC2c2c1n(-c1ccccc1)c1ccccc21.C1=CC2c3c(cccc3-c3nc(-c4ccccc4)nc(-c4cccc5sc6ccccc6c45)n3)OC2c2c1n(-c1ccccc1)c1ccccc21. The molecule has 0 amide bonds. The number of hydrogen-bond acceptors (Lipinski definition) is 10. The van der Waals surface area contributed by atoms with Gasteiger partial charge in [0.15, 0.2) is 34.9 Å². The third-order valence-electron chi connectivity index (χ3n) is 21.7. The summed E-state index contributed by atoms with van der Waals surface area (Å²) in [5.41, 5.74) is 19.6. The number of fused-ring (bicyclic) bond motifs is 20. The summed E-state index contributed by atoms with van der Waals surface area (Å²) >= 11 is 3.60. The molecule has 4 aliphatic rings. The molecule has 8 heterocycles. The molecular formula is C96H60N8O2S2. The minimum absolute atomic E-state index is 0.0108. The lowest BCUT2D eigenvalue weighted by molar-refractivity contribution is 0.224. The molecule has 10 nitrogen and oxygen atoms in total. The van der Waals surface area contributed by atoms with Gasteiger partial charge in [-0.1, -0.05) is 255 Å². The Kier molecular flexibility index (Phi) is 14.4. The average molecular weight is 1420 g/mol. The largest absolute Gasteiger partial charge is 0.484 e. The number of hydrogen-bond donors (Lipinski definition) is 0. The average Bonchev–Trinajstić information content (AvgIpc) is 1.56. The van der Waals surface area contributed by atoms with Crippen molar-refractivity contribution < 1.29 is 9.47 Å². The molecule has 19 aromatic rings. The second-order valence-corrected chi connectivity index (χ2v) is 29.9. The topological polar surface area (TPSA) is 106 Å². The molecule has 0 saturated heterocycles. The Morgan fingerprint density at radius 1 is 0.259 bits per heavy atom. The van der Waals surface area contributed by atoms with Crippen LogP contribution >= 0.6 is 22.7 Å². The Balaban J connectivity index is 0.000000135. The molecule has 12 heteroatoms. The Labute approximate surface area is 628 Å². The standard InChI is InChI=1S/C51H32N4OS.C45H28N4OS/c1-3-13-31(14-4-1)32-25-27-33(28-26-32)49-52-50(54-51(53-49)39-20-12-24-44-46(39)36-18-8-10-23-43(36)57-44)38-19-11-22-42-45(38)37-29-30-41-47(48(37)56-42)35-17-7-9-21-40(35)55(41)34-15-5-2-6-16-34;1-3-13-27(14-4-1)43-46-44(48-45(47-43)33-20-12-24-38-40(33)30-18-8-10-23-37(30)51-38)32-19-11-22-36-39(32)31-25-26-35-41(42(31)50-36)29-17-7-9-21-34(29)49(35)28-15-5-2-6-16-28/h1-30,37,48H;1-26,31,42H. The van der Waals surface area contributed by atoms with E-state index in [1.165, 1.54) is 78.8 Å². The fraction of sp³-hybridized carbons (Fsp3) is 0.0417. The van der Waals surface area contributed by atoms with Gasteiger partial charge in [0.1, 0.15) is 23.7 Å². The highest BCUT2D eigenvalue weighted by Crippen LogP contribution is 2.58. The minimum atomic E-state index is -0.201. The summed E-state index contributed by atoms with van der Waals surface area (Å²) < 4.78 is 23.6. The van der Waals surface area contributed by atoms with E-state index in [1.54, 1.807) is 22.7 Å². The second kappa shape index (κ2) is 25.1. The van der Waals surface area contributed by atoms with E-state index in [1.807, 2.05) is 24.3 Å². The molecule has 0 N–H and O–H groups in total. The maximum Gasteiger partial charge on any atom is 0.164 e. The predicted octanol–water partition coefficient (Wildman–Crippen LogP) is 24.5. The van der Waals surface area contributed by atoms with Crippen molar-refractivity contribution in [2.24, 2.45) is 0 Å². The van der Waals surface area contributed by atoms with Crippen molar-refractivity contribution >= 4 is 97.0 Å². The van der Waals surface area contributed by atoms with E-state index in [4.69, 9.17) is 39.4 Å². The lowest BCUT2D eigenvalue weighted by Gasteiger charge is -2.22. The van der Waals surface area contributed by atoms with Crippen LogP contribution < -0.4 is 9.47 Å². The molecule has 0 saturated carbocycles. The maximum absolute atomic E-state index is 7.00. The van der Waals surface area contributed by atoms with Crippen LogP contribution in [-0.4, -0.2) is 39.0 Å². The number of para-hydroxylation sites is 4. The van der Waals surface area contributed by atoms with Crippen LogP contribution in [0.5, 0.6) is 11.5 Å². The van der Waals surface area contributed by atoms with Gasteiger partial charge in [0.25, 0.3) is 0 Å². The van der Waals surface area contributed by atoms with Crippen LogP contribution in [0.25, 0.3) is 165 Å². The van der Waals surface area contributed by atoms with Gasteiger partial charge >= 0.3 is 0 Å². The van der Waals surface area contributed by atoms with E-state index in [0.29, 0.717) is 34.9 Å². The highest BCUT2D eigenvalue weighted by Gasteiger charge is 2.44. The van der Waals surface area contributed by atoms with E-state index in [-0.39, 0.29) is 24.0 Å². The minimum Gasteiger partial charge on any atom is -0.484 e. The molecule has 0 radical (unpaired) electrons. The number of thiophene rings is 2. The van der Waals surface area contributed by atoms with Gasteiger partial charge in [-0.05, 0) is 96.1 Å². The van der Waals surface area contributed by atoms with E-state index in [0.717, 1.165) is 84.3 Å². The van der Waals surface area contributed by atoms with Gasteiger partial charge in [-0.15, -0.1) is 22.7 Å². The van der Waals surface area contributed by atoms with Gasteiger partial charge in [-0.25, -0.2) is 29.9 Å². The second-order valence-electron chi connectivity index (χ2n) is 27.7. The van der Waals surface area contributed by atoms with Crippen LogP contribution in [0.1, 0.15) is 57.7 Å². The van der Waals surface area contributed by atoms with Crippen molar-refractivity contribution in [3.63, 3.8) is 0 Å². The van der Waals surface area contributed by atoms with Crippen LogP contribution in [0.2, 0.25) is 0 Å². The Morgan fingerprint density at radius 2 is 0.593 bits per heavy atom. The first-order chi connectivity index (χ1) is 53.6. The quantitative estimate of drug-likeness (QED) is 0.141. The zero-order valence-corrected chi connectivity index (χ0v) is 59.5. The van der Waals surface area contributed by atoms with Crippen LogP contribution in [0, 0.1) is 0 Å². The van der Waals surface area contributed by atoms with Crippen molar-refractivity contribution in [2.75, 3.05) is 0 Å². The van der Waals surface area contributed by atoms with E-state index < -0.39 is 0 Å². The number of rotatable bonds is 9. The van der Waals surface area contributed by atoms with Crippen molar-refractivity contribution in [1.29, 1.82) is 0 Å². The molecule has 0 spiro atoms. The first-order valence-corrected chi connectivity index (χ1v) is 38.1. The van der Waals surface area contributed by atoms with Crippen LogP contribution in [0.3, 0.4) is 0 Å². The molecule has 0 fully saturated rings. The van der Waals surface area contributed by atoms with E-state index in [2.05, 4.69) is 325 Å². The summed E-state index contributed by atoms with van der Waals surface area (Å²) in [5.74, 6) is 5.54. The van der Waals surface area contributed by atoms with Gasteiger partial charge in [-0.3, -0.25) is 0 Å². The number of benzene rings is 13. The Bertz CT molecular complexity index is 6900. The Hall–Kier alpha value is -13.5. The smallest absolute Gasteiger partial charge is 0.164 e. The van der Waals surface area contributed by atoms with E-state index >= 15 is 0 Å². The zero-order chi connectivity index (χ0) is 70.9. The lowest BCUT2D eigenvalue weighted by atomic mass is 9.83. The van der Waals surface area contributed by atoms with Gasteiger partial charge in [-0.2, -0.15) is 0 Å². The lowest BCUT2D eigenvalue weighted by Crippen LogP contribution is -2.14. The Morgan fingerprint density at radius 3 is 1.06 bits per heavy atom. The van der Waals surface area contributed by atoms with Crippen molar-refractivity contribution in [3.05, 3.63) is 361 Å². The molecule has 2 aliphatic heterocycles. The molecule has 23 rings (SSSR count). The van der Waals surface area contributed by atoms with Crippen molar-refractivity contribution in [2.45, 2.75) is 24.0 Å². The summed E-state index contributed by atoms with van der Waals surface area (Å²) in [4.78, 5) is 31.5. The van der Waals surface area contributed by atoms with Crippen LogP contribution in [-0.2, 0) is 0 Å². The maximum atomic E-state index is 7.00. The highest BCUT2D eigenvalue weighted by atomic mass is 32.1. The molecule has 13 aromatic carbocycles. The van der Waals surface area contributed by atoms with Crippen molar-refractivity contribution in [3.8, 4) is 102 Å². The third kappa shape index (κ3) is 9.98. The summed E-state index contributed by atoms with van der Waals surface area (Å²) in [6.07, 6.45) is 8.78. The van der Waals surface area contributed by atoms with Crippen molar-refractivity contribution in [1.82, 2.24) is 39.0 Å². The van der Waals surface area contributed by atoms with E-state index in [9.17, 15) is 0 Å². The molecule has 508 valence electrons. The zero-order valence-electron chi connectivity index (χ0n) is 57.9. The molecule has 4 unspecified atom stereocenters. The monoisotopic (exact) mass is 1420 g/mol. The number of nitrogens with zero attached hydrogens (tertiary/aromatic N) is 8. The summed E-state index contributed by atoms with van der Waals surface area (Å²) in [5, 5.41) is 7.16. The van der Waals surface area contributed by atoms with Crippen LogP contribution in [0.4, 0.5) is 0 Å². The fourth-order valence-electron chi connectivity index (χ4n) is 17.0. The predicted molar refractivity (Wildman–Crippen MR) is 440 cm³/mol. The number of ether oxygens (including phenoxy) is 2.